The third-order valence-corrected chi connectivity index (χ3v) is 2.62. The van der Waals surface area contributed by atoms with Crippen molar-refractivity contribution in [2.24, 2.45) is 0 Å². The van der Waals surface area contributed by atoms with Crippen molar-refractivity contribution >= 4 is 10.9 Å². The molecule has 1 aromatic carbocycles. The molecule has 3 aromatic rings. The third-order valence-electron chi connectivity index (χ3n) is 2.62. The molecule has 0 fully saturated rings. The summed E-state index contributed by atoms with van der Waals surface area (Å²) in [6, 6.07) is 5.44. The second kappa shape index (κ2) is 4.80. The molecule has 0 bridgehead atoms. The van der Waals surface area contributed by atoms with Crippen molar-refractivity contribution in [1.29, 1.82) is 0 Å². The fourth-order valence-corrected chi connectivity index (χ4v) is 1.77. The number of rotatable bonds is 3. The van der Waals surface area contributed by atoms with E-state index in [1.54, 1.807) is 12.1 Å². The Hall–Kier alpha value is -2.64. The molecular formula is C12H7F3N4O. The molecule has 2 aromatic heterocycles. The number of fused-ring (bicyclic) bond motifs is 1. The molecule has 0 saturated carbocycles. The van der Waals surface area contributed by atoms with Crippen LogP contribution in [0.2, 0.25) is 0 Å². The molecule has 0 amide bonds. The number of ether oxygens (including phenoxy) is 1. The molecule has 0 spiro atoms. The summed E-state index contributed by atoms with van der Waals surface area (Å²) in [5.74, 6) is -0.991. The normalized spacial score (nSPS) is 11.2. The van der Waals surface area contributed by atoms with Gasteiger partial charge in [-0.1, -0.05) is 6.07 Å². The van der Waals surface area contributed by atoms with E-state index in [-0.39, 0.29) is 0 Å². The zero-order chi connectivity index (χ0) is 14.1. The van der Waals surface area contributed by atoms with Crippen LogP contribution < -0.4 is 4.74 Å². The number of hydrogen-bond acceptors (Lipinski definition) is 4. The van der Waals surface area contributed by atoms with Crippen LogP contribution >= 0.6 is 0 Å². The summed E-state index contributed by atoms with van der Waals surface area (Å²) in [7, 11) is 0. The predicted octanol–water partition coefficient (Wildman–Crippen LogP) is 2.76. The van der Waals surface area contributed by atoms with Crippen molar-refractivity contribution in [3.8, 4) is 17.3 Å². The van der Waals surface area contributed by atoms with E-state index in [0.717, 1.165) is 12.1 Å². The minimum absolute atomic E-state index is 0.316. The molecule has 0 atom stereocenters. The van der Waals surface area contributed by atoms with Crippen LogP contribution in [0, 0.1) is 5.82 Å². The summed E-state index contributed by atoms with van der Waals surface area (Å²) in [4.78, 5) is 8.13. The molecular weight excluding hydrogens is 273 g/mol. The molecule has 5 nitrogen and oxygen atoms in total. The van der Waals surface area contributed by atoms with Crippen LogP contribution in [-0.4, -0.2) is 26.8 Å². The van der Waals surface area contributed by atoms with Gasteiger partial charge in [-0.3, -0.25) is 5.10 Å². The number of hydrogen-bond donors (Lipinski definition) is 1. The first kappa shape index (κ1) is 12.4. The van der Waals surface area contributed by atoms with Crippen molar-refractivity contribution < 1.29 is 17.9 Å². The maximum Gasteiger partial charge on any atom is 0.387 e. The number of H-pyrrole nitrogens is 1. The summed E-state index contributed by atoms with van der Waals surface area (Å²) < 4.78 is 42.0. The van der Waals surface area contributed by atoms with E-state index in [0.29, 0.717) is 22.4 Å². The van der Waals surface area contributed by atoms with E-state index in [1.807, 2.05) is 0 Å². The summed E-state index contributed by atoms with van der Waals surface area (Å²) >= 11 is 0. The molecule has 2 heterocycles. The highest BCUT2D eigenvalue weighted by atomic mass is 19.3. The van der Waals surface area contributed by atoms with Gasteiger partial charge in [0.15, 0.2) is 17.4 Å². The Morgan fingerprint density at radius 3 is 2.75 bits per heavy atom. The number of benzene rings is 1. The predicted molar refractivity (Wildman–Crippen MR) is 63.7 cm³/mol. The first-order valence-electron chi connectivity index (χ1n) is 5.54. The number of nitrogens with zero attached hydrogens (tertiary/aromatic N) is 3. The first-order valence-corrected chi connectivity index (χ1v) is 5.54. The second-order valence-corrected chi connectivity index (χ2v) is 3.88. The summed E-state index contributed by atoms with van der Waals surface area (Å²) in [5, 5.41) is 6.78. The molecule has 0 aliphatic carbocycles. The minimum Gasteiger partial charge on any atom is -0.432 e. The quantitative estimate of drug-likeness (QED) is 0.801. The van der Waals surface area contributed by atoms with Gasteiger partial charge in [0.05, 0.1) is 5.52 Å². The third kappa shape index (κ3) is 2.27. The number of halogens is 3. The van der Waals surface area contributed by atoms with Crippen molar-refractivity contribution in [2.75, 3.05) is 0 Å². The van der Waals surface area contributed by atoms with E-state index >= 15 is 0 Å². The monoisotopic (exact) mass is 280 g/mol. The van der Waals surface area contributed by atoms with E-state index in [9.17, 15) is 13.2 Å². The van der Waals surface area contributed by atoms with Crippen LogP contribution in [-0.2, 0) is 0 Å². The second-order valence-electron chi connectivity index (χ2n) is 3.88. The lowest BCUT2D eigenvalue weighted by atomic mass is 10.2. The fraction of sp³-hybridized carbons (Fsp3) is 0.0833. The lowest BCUT2D eigenvalue weighted by molar-refractivity contribution is -0.0520. The van der Waals surface area contributed by atoms with Crippen LogP contribution in [0.5, 0.6) is 5.75 Å². The average molecular weight is 280 g/mol. The molecule has 8 heteroatoms. The smallest absolute Gasteiger partial charge is 0.387 e. The largest absolute Gasteiger partial charge is 0.432 e. The van der Waals surface area contributed by atoms with Gasteiger partial charge in [-0.2, -0.15) is 13.9 Å². The lowest BCUT2D eigenvalue weighted by Gasteiger charge is -2.07. The van der Waals surface area contributed by atoms with Gasteiger partial charge in [-0.05, 0) is 12.1 Å². The Labute approximate surface area is 110 Å². The molecule has 0 radical (unpaired) electrons. The number of nitrogens with one attached hydrogen (secondary N) is 1. The maximum atomic E-state index is 13.5. The van der Waals surface area contributed by atoms with E-state index < -0.39 is 18.2 Å². The Kier molecular flexibility index (Phi) is 2.97. The highest BCUT2D eigenvalue weighted by Crippen LogP contribution is 2.26. The molecule has 0 aliphatic rings. The van der Waals surface area contributed by atoms with Crippen LogP contribution in [0.25, 0.3) is 22.4 Å². The molecule has 20 heavy (non-hydrogen) atoms. The van der Waals surface area contributed by atoms with Gasteiger partial charge in [-0.15, -0.1) is 0 Å². The van der Waals surface area contributed by atoms with Gasteiger partial charge in [0, 0.05) is 11.5 Å². The van der Waals surface area contributed by atoms with Crippen LogP contribution in [0.4, 0.5) is 13.2 Å². The Morgan fingerprint density at radius 1 is 1.20 bits per heavy atom. The van der Waals surface area contributed by atoms with Gasteiger partial charge < -0.3 is 4.74 Å². The zero-order valence-corrected chi connectivity index (χ0v) is 9.85. The number of aromatic amines is 1. The van der Waals surface area contributed by atoms with Crippen molar-refractivity contribution in [1.82, 2.24) is 20.2 Å². The highest BCUT2D eigenvalue weighted by molar-refractivity contribution is 5.82. The molecule has 102 valence electrons. The van der Waals surface area contributed by atoms with E-state index in [1.165, 1.54) is 6.33 Å². The van der Waals surface area contributed by atoms with Gasteiger partial charge >= 0.3 is 6.61 Å². The summed E-state index contributed by atoms with van der Waals surface area (Å²) in [6.45, 7) is -3.10. The first-order chi connectivity index (χ1) is 9.63. The number of pyridine rings is 1. The summed E-state index contributed by atoms with van der Waals surface area (Å²) in [6.07, 6.45) is 1.32. The summed E-state index contributed by atoms with van der Waals surface area (Å²) in [5.41, 5.74) is 0.778. The highest BCUT2D eigenvalue weighted by Gasteiger charge is 2.13. The van der Waals surface area contributed by atoms with Crippen LogP contribution in [0.15, 0.2) is 30.6 Å². The topological polar surface area (TPSA) is 63.7 Å². The molecule has 3 rings (SSSR count). The lowest BCUT2D eigenvalue weighted by Crippen LogP contribution is -2.03. The Morgan fingerprint density at radius 2 is 2.05 bits per heavy atom. The van der Waals surface area contributed by atoms with Gasteiger partial charge in [0.25, 0.3) is 0 Å². The minimum atomic E-state index is -3.10. The zero-order valence-electron chi connectivity index (χ0n) is 9.85. The van der Waals surface area contributed by atoms with E-state index in [4.69, 9.17) is 0 Å². The molecule has 1 N–H and O–H groups in total. The molecule has 0 saturated heterocycles. The Balaban J connectivity index is 2.10. The number of aromatic nitrogens is 4. The molecule has 0 aliphatic heterocycles. The van der Waals surface area contributed by atoms with Crippen molar-refractivity contribution in [3.05, 3.63) is 36.4 Å². The van der Waals surface area contributed by atoms with Crippen molar-refractivity contribution in [3.63, 3.8) is 0 Å². The van der Waals surface area contributed by atoms with Gasteiger partial charge in [0.1, 0.15) is 12.0 Å². The van der Waals surface area contributed by atoms with Crippen LogP contribution in [0.1, 0.15) is 0 Å². The fourth-order valence-electron chi connectivity index (χ4n) is 1.77. The van der Waals surface area contributed by atoms with E-state index in [2.05, 4.69) is 24.9 Å². The Bertz CT molecular complexity index is 746. The number of alkyl halides is 2. The van der Waals surface area contributed by atoms with Crippen molar-refractivity contribution in [2.45, 2.75) is 6.61 Å². The van der Waals surface area contributed by atoms with Crippen LogP contribution in [0.3, 0.4) is 0 Å². The van der Waals surface area contributed by atoms with Gasteiger partial charge in [0.2, 0.25) is 0 Å². The average Bonchev–Trinajstić information content (AvgIpc) is 2.92. The molecule has 0 unspecified atom stereocenters. The standard InChI is InChI=1S/C12H7F3N4O/c13-7-3-6-1-2-8(11-16-5-17-19-11)18-9(6)4-10(7)20-12(14)15/h1-5,12H,(H,16,17,19). The van der Waals surface area contributed by atoms with Gasteiger partial charge in [-0.25, -0.2) is 14.4 Å². The maximum absolute atomic E-state index is 13.5. The SMILES string of the molecule is Fc1cc2ccc(-c3ncn[nH]3)nc2cc1OC(F)F.